The van der Waals surface area contributed by atoms with Gasteiger partial charge in [-0.25, -0.2) is 0 Å². The first-order valence-corrected chi connectivity index (χ1v) is 7.37. The second kappa shape index (κ2) is 5.35. The lowest BCUT2D eigenvalue weighted by molar-refractivity contribution is 0.877. The number of nitrogens with zero attached hydrogens (tertiary/aromatic N) is 1. The SMILES string of the molecule is NCCc1ccc(N2Cc3ccccc3C2)cc1Br. The van der Waals surface area contributed by atoms with Gasteiger partial charge in [-0.3, -0.25) is 0 Å². The van der Waals surface area contributed by atoms with Crippen LogP contribution >= 0.6 is 15.9 Å². The minimum absolute atomic E-state index is 0.688. The maximum absolute atomic E-state index is 5.62. The van der Waals surface area contributed by atoms with Crippen LogP contribution in [-0.2, 0) is 19.5 Å². The number of hydrogen-bond acceptors (Lipinski definition) is 2. The fourth-order valence-electron chi connectivity index (χ4n) is 2.61. The van der Waals surface area contributed by atoms with Gasteiger partial charge in [-0.1, -0.05) is 46.3 Å². The Bertz CT molecular complexity index is 570. The van der Waals surface area contributed by atoms with E-state index in [0.29, 0.717) is 6.54 Å². The number of fused-ring (bicyclic) bond motifs is 1. The molecule has 1 aliphatic heterocycles. The molecule has 3 rings (SSSR count). The average Bonchev–Trinajstić information content (AvgIpc) is 2.85. The molecule has 3 heteroatoms. The highest BCUT2D eigenvalue weighted by atomic mass is 79.9. The van der Waals surface area contributed by atoms with Crippen molar-refractivity contribution >= 4 is 21.6 Å². The van der Waals surface area contributed by atoms with Crippen molar-refractivity contribution < 1.29 is 0 Å². The molecule has 0 fully saturated rings. The summed E-state index contributed by atoms with van der Waals surface area (Å²) in [5.74, 6) is 0. The van der Waals surface area contributed by atoms with E-state index in [2.05, 4.69) is 63.3 Å². The Morgan fingerprint density at radius 1 is 1.05 bits per heavy atom. The maximum Gasteiger partial charge on any atom is 0.0436 e. The highest BCUT2D eigenvalue weighted by molar-refractivity contribution is 9.10. The Morgan fingerprint density at radius 3 is 2.32 bits per heavy atom. The zero-order valence-corrected chi connectivity index (χ0v) is 12.4. The zero-order chi connectivity index (χ0) is 13.2. The van der Waals surface area contributed by atoms with Crippen LogP contribution in [-0.4, -0.2) is 6.54 Å². The van der Waals surface area contributed by atoms with Gasteiger partial charge >= 0.3 is 0 Å². The van der Waals surface area contributed by atoms with Gasteiger partial charge in [0, 0.05) is 23.2 Å². The third-order valence-electron chi connectivity index (χ3n) is 3.66. The highest BCUT2D eigenvalue weighted by Crippen LogP contribution is 2.31. The summed E-state index contributed by atoms with van der Waals surface area (Å²) in [7, 11) is 0. The van der Waals surface area contributed by atoms with Gasteiger partial charge in [-0.05, 0) is 41.8 Å². The van der Waals surface area contributed by atoms with Crippen LogP contribution in [0, 0.1) is 0 Å². The van der Waals surface area contributed by atoms with E-state index in [9.17, 15) is 0 Å². The van der Waals surface area contributed by atoms with Gasteiger partial charge in [0.2, 0.25) is 0 Å². The second-order valence-corrected chi connectivity index (χ2v) is 5.79. The molecule has 0 bridgehead atoms. The zero-order valence-electron chi connectivity index (χ0n) is 10.8. The average molecular weight is 317 g/mol. The van der Waals surface area contributed by atoms with Crippen LogP contribution < -0.4 is 10.6 Å². The monoisotopic (exact) mass is 316 g/mol. The second-order valence-electron chi connectivity index (χ2n) is 4.94. The summed E-state index contributed by atoms with van der Waals surface area (Å²) >= 11 is 3.65. The van der Waals surface area contributed by atoms with E-state index in [0.717, 1.165) is 24.0 Å². The molecule has 0 saturated carbocycles. The van der Waals surface area contributed by atoms with Gasteiger partial charge in [0.05, 0.1) is 0 Å². The van der Waals surface area contributed by atoms with Crippen molar-refractivity contribution in [1.29, 1.82) is 0 Å². The summed E-state index contributed by atoms with van der Waals surface area (Å²) < 4.78 is 1.16. The molecule has 0 radical (unpaired) electrons. The number of nitrogens with two attached hydrogens (primary N) is 1. The first-order valence-electron chi connectivity index (χ1n) is 6.58. The van der Waals surface area contributed by atoms with Gasteiger partial charge in [-0.2, -0.15) is 0 Å². The molecule has 98 valence electrons. The lowest BCUT2D eigenvalue weighted by Crippen LogP contribution is -2.14. The molecule has 0 amide bonds. The van der Waals surface area contributed by atoms with E-state index < -0.39 is 0 Å². The Hall–Kier alpha value is -1.32. The summed E-state index contributed by atoms with van der Waals surface area (Å²) in [6, 6.07) is 15.2. The summed E-state index contributed by atoms with van der Waals surface area (Å²) in [4.78, 5) is 2.40. The molecular formula is C16H17BrN2. The Morgan fingerprint density at radius 2 is 1.74 bits per heavy atom. The first kappa shape index (κ1) is 12.7. The van der Waals surface area contributed by atoms with Gasteiger partial charge in [0.1, 0.15) is 0 Å². The van der Waals surface area contributed by atoms with Crippen LogP contribution in [0.25, 0.3) is 0 Å². The number of rotatable bonds is 3. The molecule has 0 aliphatic carbocycles. The van der Waals surface area contributed by atoms with Gasteiger partial charge in [0.25, 0.3) is 0 Å². The van der Waals surface area contributed by atoms with Crippen molar-refractivity contribution in [3.63, 3.8) is 0 Å². The summed E-state index contributed by atoms with van der Waals surface area (Å²) in [6.07, 6.45) is 0.918. The van der Waals surface area contributed by atoms with Crippen LogP contribution in [0.2, 0.25) is 0 Å². The van der Waals surface area contributed by atoms with Gasteiger partial charge < -0.3 is 10.6 Å². The van der Waals surface area contributed by atoms with Crippen molar-refractivity contribution in [2.75, 3.05) is 11.4 Å². The number of anilines is 1. The molecule has 1 aliphatic rings. The van der Waals surface area contributed by atoms with Crippen molar-refractivity contribution in [2.24, 2.45) is 5.73 Å². The molecule has 2 aromatic rings. The third-order valence-corrected chi connectivity index (χ3v) is 4.39. The van der Waals surface area contributed by atoms with Crippen molar-refractivity contribution in [1.82, 2.24) is 0 Å². The number of hydrogen-bond donors (Lipinski definition) is 1. The predicted octanol–water partition coefficient (Wildman–Crippen LogP) is 3.47. The smallest absolute Gasteiger partial charge is 0.0436 e. The quantitative estimate of drug-likeness (QED) is 0.939. The standard InChI is InChI=1S/C16H17BrN2/c17-16-9-15(6-5-12(16)7-8-18)19-10-13-3-1-2-4-14(13)11-19/h1-6,9H,7-8,10-11,18H2. The van der Waals surface area contributed by atoms with Crippen LogP contribution in [0.15, 0.2) is 46.9 Å². The summed E-state index contributed by atoms with van der Waals surface area (Å²) in [5, 5.41) is 0. The fraction of sp³-hybridized carbons (Fsp3) is 0.250. The lowest BCUT2D eigenvalue weighted by Gasteiger charge is -2.19. The fourth-order valence-corrected chi connectivity index (χ4v) is 3.17. The topological polar surface area (TPSA) is 29.3 Å². The van der Waals surface area contributed by atoms with Crippen molar-refractivity contribution in [3.05, 3.63) is 63.6 Å². The molecule has 2 aromatic carbocycles. The summed E-state index contributed by atoms with van der Waals surface area (Å²) in [6.45, 7) is 2.69. The summed E-state index contributed by atoms with van der Waals surface area (Å²) in [5.41, 5.74) is 11.0. The molecule has 0 aromatic heterocycles. The van der Waals surface area contributed by atoms with Crippen LogP contribution in [0.5, 0.6) is 0 Å². The van der Waals surface area contributed by atoms with E-state index in [1.54, 1.807) is 0 Å². The molecule has 0 saturated heterocycles. The van der Waals surface area contributed by atoms with Crippen LogP contribution in [0.1, 0.15) is 16.7 Å². The van der Waals surface area contributed by atoms with Crippen molar-refractivity contribution in [3.8, 4) is 0 Å². The molecule has 0 spiro atoms. The number of halogens is 1. The minimum atomic E-state index is 0.688. The first-order chi connectivity index (χ1) is 9.28. The molecule has 1 heterocycles. The maximum atomic E-state index is 5.62. The predicted molar refractivity (Wildman–Crippen MR) is 83.2 cm³/mol. The third kappa shape index (κ3) is 2.53. The van der Waals surface area contributed by atoms with E-state index in [1.807, 2.05) is 0 Å². The van der Waals surface area contributed by atoms with Crippen molar-refractivity contribution in [2.45, 2.75) is 19.5 Å². The van der Waals surface area contributed by atoms with Crippen LogP contribution in [0.4, 0.5) is 5.69 Å². The molecule has 19 heavy (non-hydrogen) atoms. The molecule has 0 unspecified atom stereocenters. The Kier molecular flexibility index (Phi) is 3.58. The Balaban J connectivity index is 1.83. The molecular weight excluding hydrogens is 300 g/mol. The van der Waals surface area contributed by atoms with Gasteiger partial charge in [-0.15, -0.1) is 0 Å². The van der Waals surface area contributed by atoms with E-state index >= 15 is 0 Å². The minimum Gasteiger partial charge on any atom is -0.363 e. The normalized spacial score (nSPS) is 13.7. The molecule has 2 nitrogen and oxygen atoms in total. The molecule has 0 atom stereocenters. The van der Waals surface area contributed by atoms with E-state index in [-0.39, 0.29) is 0 Å². The van der Waals surface area contributed by atoms with Crippen LogP contribution in [0.3, 0.4) is 0 Å². The van der Waals surface area contributed by atoms with E-state index in [1.165, 1.54) is 22.4 Å². The van der Waals surface area contributed by atoms with E-state index in [4.69, 9.17) is 5.73 Å². The Labute approximate surface area is 122 Å². The largest absolute Gasteiger partial charge is 0.363 e. The van der Waals surface area contributed by atoms with Gasteiger partial charge in [0.15, 0.2) is 0 Å². The lowest BCUT2D eigenvalue weighted by atomic mass is 10.1. The molecule has 2 N–H and O–H groups in total. The number of benzene rings is 2. The highest BCUT2D eigenvalue weighted by Gasteiger charge is 2.18.